The average Bonchev–Trinajstić information content (AvgIpc) is 3.36. The maximum absolute atomic E-state index is 13.7. The van der Waals surface area contributed by atoms with Gasteiger partial charge in [-0.1, -0.05) is 32.0 Å². The summed E-state index contributed by atoms with van der Waals surface area (Å²) in [6, 6.07) is 11.5. The van der Waals surface area contributed by atoms with E-state index in [-0.39, 0.29) is 11.6 Å². The van der Waals surface area contributed by atoms with Gasteiger partial charge in [0.25, 0.3) is 5.91 Å². The summed E-state index contributed by atoms with van der Waals surface area (Å²) in [5.74, 6) is 0.667. The largest absolute Gasteiger partial charge is 0.497 e. The van der Waals surface area contributed by atoms with Gasteiger partial charge in [0.1, 0.15) is 11.4 Å². The monoisotopic (exact) mass is 427 g/mol. The molecule has 0 spiro atoms. The van der Waals surface area contributed by atoms with Crippen molar-refractivity contribution in [3.8, 4) is 16.3 Å². The van der Waals surface area contributed by atoms with E-state index in [0.29, 0.717) is 31.0 Å². The van der Waals surface area contributed by atoms with Gasteiger partial charge in [0.05, 0.1) is 24.2 Å². The molecule has 2 heterocycles. The van der Waals surface area contributed by atoms with Crippen molar-refractivity contribution >= 4 is 17.2 Å². The number of imidazole rings is 1. The molecule has 1 aromatic carbocycles. The predicted molar refractivity (Wildman–Crippen MR) is 122 cm³/mol. The number of benzene rings is 1. The Kier molecular flexibility index (Phi) is 7.15. The summed E-state index contributed by atoms with van der Waals surface area (Å²) in [4.78, 5) is 29.6. The van der Waals surface area contributed by atoms with E-state index >= 15 is 0 Å². The van der Waals surface area contributed by atoms with Crippen LogP contribution in [0.15, 0.2) is 46.6 Å². The first kappa shape index (κ1) is 21.9. The van der Waals surface area contributed by atoms with Gasteiger partial charge >= 0.3 is 5.69 Å². The fourth-order valence-electron chi connectivity index (χ4n) is 3.64. The molecule has 0 unspecified atom stereocenters. The lowest BCUT2D eigenvalue weighted by atomic mass is 10.2. The summed E-state index contributed by atoms with van der Waals surface area (Å²) in [6.07, 6.45) is 1.74. The molecular formula is C23H29N3O3S. The van der Waals surface area contributed by atoms with Crippen LogP contribution in [-0.4, -0.2) is 40.1 Å². The molecule has 0 atom stereocenters. The molecule has 6 nitrogen and oxygen atoms in total. The fraction of sp³-hybridized carbons (Fsp3) is 0.391. The van der Waals surface area contributed by atoms with Crippen molar-refractivity contribution in [2.24, 2.45) is 7.05 Å². The zero-order valence-electron chi connectivity index (χ0n) is 18.1. The van der Waals surface area contributed by atoms with Crippen LogP contribution in [0.2, 0.25) is 0 Å². The summed E-state index contributed by atoms with van der Waals surface area (Å²) in [5, 5.41) is 1.96. The van der Waals surface area contributed by atoms with Gasteiger partial charge in [-0.2, -0.15) is 0 Å². The lowest BCUT2D eigenvalue weighted by Gasteiger charge is -2.22. The van der Waals surface area contributed by atoms with Crippen LogP contribution in [-0.2, 0) is 13.6 Å². The molecule has 0 N–H and O–H groups in total. The van der Waals surface area contributed by atoms with E-state index in [0.717, 1.165) is 29.0 Å². The number of methoxy groups -OCH3 is 1. The number of aromatic nitrogens is 2. The van der Waals surface area contributed by atoms with Gasteiger partial charge in [0.2, 0.25) is 0 Å². The highest BCUT2D eigenvalue weighted by molar-refractivity contribution is 7.13. The summed E-state index contributed by atoms with van der Waals surface area (Å²) in [5.41, 5.74) is 1.90. The average molecular weight is 428 g/mol. The van der Waals surface area contributed by atoms with Crippen LogP contribution in [0.4, 0.5) is 0 Å². The summed E-state index contributed by atoms with van der Waals surface area (Å²) in [7, 11) is 3.36. The van der Waals surface area contributed by atoms with Crippen molar-refractivity contribution in [3.05, 3.63) is 63.5 Å². The zero-order chi connectivity index (χ0) is 21.7. The van der Waals surface area contributed by atoms with Gasteiger partial charge in [-0.15, -0.1) is 11.3 Å². The zero-order valence-corrected chi connectivity index (χ0v) is 18.9. The summed E-state index contributed by atoms with van der Waals surface area (Å²) < 4.78 is 8.44. The van der Waals surface area contributed by atoms with Crippen molar-refractivity contribution in [2.75, 3.05) is 20.2 Å². The van der Waals surface area contributed by atoms with Crippen LogP contribution in [0.3, 0.4) is 0 Å². The Hall–Kier alpha value is -2.80. The van der Waals surface area contributed by atoms with Gasteiger partial charge in [-0.05, 0) is 42.0 Å². The molecule has 0 aliphatic carbocycles. The quantitative estimate of drug-likeness (QED) is 0.513. The Morgan fingerprint density at radius 2 is 1.77 bits per heavy atom. The van der Waals surface area contributed by atoms with Crippen LogP contribution in [0, 0.1) is 0 Å². The Morgan fingerprint density at radius 1 is 1.10 bits per heavy atom. The number of thiophene rings is 1. The lowest BCUT2D eigenvalue weighted by molar-refractivity contribution is 0.0745. The van der Waals surface area contributed by atoms with Crippen molar-refractivity contribution in [3.63, 3.8) is 0 Å². The SMILES string of the molecule is CCCN(CCC)C(=O)c1c(-c2cccs2)n(C)c(=O)n1Cc1ccc(OC)cc1. The molecule has 0 aliphatic heterocycles. The number of ether oxygens (including phenoxy) is 1. The third kappa shape index (κ3) is 4.36. The Labute approximate surface area is 181 Å². The minimum atomic E-state index is -0.189. The fourth-order valence-corrected chi connectivity index (χ4v) is 4.44. The molecule has 0 saturated heterocycles. The van der Waals surface area contributed by atoms with Crippen molar-refractivity contribution in [1.82, 2.24) is 14.0 Å². The highest BCUT2D eigenvalue weighted by Gasteiger charge is 2.28. The predicted octanol–water partition coefficient (Wildman–Crippen LogP) is 4.23. The Morgan fingerprint density at radius 3 is 2.30 bits per heavy atom. The van der Waals surface area contributed by atoms with Gasteiger partial charge < -0.3 is 9.64 Å². The van der Waals surface area contributed by atoms with Gasteiger partial charge in [0, 0.05) is 20.1 Å². The van der Waals surface area contributed by atoms with E-state index in [1.165, 1.54) is 11.3 Å². The molecule has 7 heteroatoms. The molecule has 0 radical (unpaired) electrons. The highest BCUT2D eigenvalue weighted by atomic mass is 32.1. The molecule has 0 bridgehead atoms. The van der Waals surface area contributed by atoms with Gasteiger partial charge in [-0.25, -0.2) is 4.79 Å². The number of carbonyl (C=O) groups excluding carboxylic acids is 1. The maximum atomic E-state index is 13.7. The number of carbonyl (C=O) groups is 1. The standard InChI is InChI=1S/C23H29N3O3S/c1-5-13-25(14-6-2)22(27)21-20(19-8-7-15-30-19)24(3)23(28)26(21)16-17-9-11-18(29-4)12-10-17/h7-12,15H,5-6,13-14,16H2,1-4H3. The third-order valence-electron chi connectivity index (χ3n) is 5.08. The van der Waals surface area contributed by atoms with E-state index in [4.69, 9.17) is 4.74 Å². The highest BCUT2D eigenvalue weighted by Crippen LogP contribution is 2.29. The lowest BCUT2D eigenvalue weighted by Crippen LogP contribution is -2.35. The summed E-state index contributed by atoms with van der Waals surface area (Å²) in [6.45, 7) is 5.79. The van der Waals surface area contributed by atoms with Gasteiger partial charge in [-0.3, -0.25) is 13.9 Å². The minimum absolute atomic E-state index is 0.0895. The van der Waals surface area contributed by atoms with Crippen LogP contribution >= 0.6 is 11.3 Å². The van der Waals surface area contributed by atoms with Gasteiger partial charge in [0.15, 0.2) is 0 Å². The van der Waals surface area contributed by atoms with Crippen LogP contribution < -0.4 is 10.4 Å². The molecule has 0 fully saturated rings. The second-order valence-electron chi connectivity index (χ2n) is 7.24. The topological polar surface area (TPSA) is 56.5 Å². The minimum Gasteiger partial charge on any atom is -0.497 e. The number of rotatable bonds is 9. The molecule has 30 heavy (non-hydrogen) atoms. The van der Waals surface area contributed by atoms with Crippen molar-refractivity contribution in [1.29, 1.82) is 0 Å². The van der Waals surface area contributed by atoms with E-state index in [1.807, 2.05) is 46.7 Å². The molecule has 3 rings (SSSR count). The third-order valence-corrected chi connectivity index (χ3v) is 5.96. The van der Waals surface area contributed by atoms with Crippen molar-refractivity contribution in [2.45, 2.75) is 33.2 Å². The molecule has 0 saturated carbocycles. The van der Waals surface area contributed by atoms with Crippen LogP contribution in [0.5, 0.6) is 5.75 Å². The molecule has 2 aromatic heterocycles. The first-order valence-corrected chi connectivity index (χ1v) is 11.1. The molecule has 0 aliphatic rings. The normalized spacial score (nSPS) is 10.9. The number of amides is 1. The van der Waals surface area contributed by atoms with E-state index in [2.05, 4.69) is 13.8 Å². The van der Waals surface area contributed by atoms with Crippen molar-refractivity contribution < 1.29 is 9.53 Å². The van der Waals surface area contributed by atoms with E-state index in [9.17, 15) is 9.59 Å². The molecule has 1 amide bonds. The second-order valence-corrected chi connectivity index (χ2v) is 8.19. The van der Waals surface area contributed by atoms with E-state index < -0.39 is 0 Å². The second kappa shape index (κ2) is 9.80. The molecule has 160 valence electrons. The molecular weight excluding hydrogens is 398 g/mol. The first-order chi connectivity index (χ1) is 14.5. The maximum Gasteiger partial charge on any atom is 0.329 e. The number of hydrogen-bond acceptors (Lipinski definition) is 4. The number of hydrogen-bond donors (Lipinski definition) is 0. The first-order valence-electron chi connectivity index (χ1n) is 10.3. The van der Waals surface area contributed by atoms with Crippen LogP contribution in [0.25, 0.3) is 10.6 Å². The number of nitrogens with zero attached hydrogens (tertiary/aromatic N) is 3. The van der Waals surface area contributed by atoms with E-state index in [1.54, 1.807) is 23.3 Å². The van der Waals surface area contributed by atoms with Crippen LogP contribution in [0.1, 0.15) is 42.7 Å². The Bertz CT molecular complexity index is 1030. The molecule has 3 aromatic rings. The Balaban J connectivity index is 2.14. The summed E-state index contributed by atoms with van der Waals surface area (Å²) >= 11 is 1.53. The smallest absolute Gasteiger partial charge is 0.329 e.